The zero-order valence-corrected chi connectivity index (χ0v) is 10.7. The Bertz CT molecular complexity index is 811. The van der Waals surface area contributed by atoms with Crippen LogP contribution in [0, 0.1) is 0 Å². The Morgan fingerprint density at radius 2 is 1.74 bits per heavy atom. The lowest BCUT2D eigenvalue weighted by molar-refractivity contribution is -0.115. The van der Waals surface area contributed by atoms with Crippen molar-refractivity contribution in [2.45, 2.75) is 13.8 Å². The summed E-state index contributed by atoms with van der Waals surface area (Å²) >= 11 is 0. The summed E-state index contributed by atoms with van der Waals surface area (Å²) in [5.74, 6) is -0.212. The van der Waals surface area contributed by atoms with Gasteiger partial charge in [0.05, 0.1) is 16.6 Å². The minimum Gasteiger partial charge on any atom is -0.299 e. The van der Waals surface area contributed by atoms with Crippen LogP contribution in [0.15, 0.2) is 36.5 Å². The number of benzene rings is 1. The lowest BCUT2D eigenvalue weighted by Crippen LogP contribution is -2.20. The van der Waals surface area contributed by atoms with E-state index in [0.29, 0.717) is 11.2 Å². The van der Waals surface area contributed by atoms with E-state index in [1.165, 1.54) is 13.8 Å². The van der Waals surface area contributed by atoms with Gasteiger partial charge in [0.2, 0.25) is 5.91 Å². The number of nitrogens with one attached hydrogen (secondary N) is 1. The number of Topliss-reactive ketones (excluding diaryl/α,β-unsaturated/α-hetero) is 1. The molecule has 0 aliphatic rings. The molecule has 0 aliphatic carbocycles. The Morgan fingerprint density at radius 3 is 2.37 bits per heavy atom. The van der Waals surface area contributed by atoms with E-state index in [2.05, 4.69) is 5.43 Å². The molecule has 1 N–H and O–H groups in total. The van der Waals surface area contributed by atoms with Gasteiger partial charge in [-0.05, 0) is 25.1 Å². The van der Waals surface area contributed by atoms with Gasteiger partial charge in [-0.2, -0.15) is 0 Å². The fourth-order valence-electron chi connectivity index (χ4n) is 2.36. The van der Waals surface area contributed by atoms with Crippen LogP contribution >= 0.6 is 0 Å². The molecule has 96 valence electrons. The van der Waals surface area contributed by atoms with Crippen molar-refractivity contribution in [3.63, 3.8) is 0 Å². The molecule has 1 amide bonds. The summed E-state index contributed by atoms with van der Waals surface area (Å²) in [6.07, 6.45) is 1.84. The molecule has 0 bridgehead atoms. The predicted molar refractivity (Wildman–Crippen MR) is 72.9 cm³/mol. The second-order valence-corrected chi connectivity index (χ2v) is 4.47. The molecule has 2 heterocycles. The van der Waals surface area contributed by atoms with Crippen molar-refractivity contribution >= 4 is 28.4 Å². The van der Waals surface area contributed by atoms with Gasteiger partial charge in [-0.25, -0.2) is 4.68 Å². The van der Waals surface area contributed by atoms with Crippen LogP contribution < -0.4 is 5.43 Å². The molecular formula is C14H13N3O2. The van der Waals surface area contributed by atoms with Gasteiger partial charge < -0.3 is 0 Å². The first-order chi connectivity index (χ1) is 9.09. The summed E-state index contributed by atoms with van der Waals surface area (Å²) in [6, 6.07) is 9.44. The zero-order chi connectivity index (χ0) is 13.6. The number of carbonyl (C=O) groups excluding carboxylic acids is 2. The van der Waals surface area contributed by atoms with Crippen LogP contribution in [0.4, 0.5) is 0 Å². The molecule has 3 aromatic rings. The predicted octanol–water partition coefficient (Wildman–Crippen LogP) is 2.19. The monoisotopic (exact) mass is 255 g/mol. The van der Waals surface area contributed by atoms with Crippen LogP contribution in [0.2, 0.25) is 0 Å². The third kappa shape index (κ3) is 1.62. The van der Waals surface area contributed by atoms with E-state index in [1.807, 2.05) is 34.9 Å². The van der Waals surface area contributed by atoms with Crippen LogP contribution in [0.1, 0.15) is 24.2 Å². The number of fused-ring (bicyclic) bond motifs is 3. The molecule has 19 heavy (non-hydrogen) atoms. The first-order valence-corrected chi connectivity index (χ1v) is 5.98. The topological polar surface area (TPSA) is 55.5 Å². The van der Waals surface area contributed by atoms with Crippen molar-refractivity contribution in [2.24, 2.45) is 0 Å². The largest absolute Gasteiger partial charge is 0.299 e. The Hall–Kier alpha value is -2.56. The Morgan fingerprint density at radius 1 is 1.05 bits per heavy atom. The van der Waals surface area contributed by atoms with Crippen molar-refractivity contribution in [3.8, 4) is 0 Å². The molecule has 0 radical (unpaired) electrons. The summed E-state index contributed by atoms with van der Waals surface area (Å²) in [5, 5.41) is 0. The Labute approximate surface area is 109 Å². The molecule has 3 rings (SSSR count). The summed E-state index contributed by atoms with van der Waals surface area (Å²) in [4.78, 5) is 23.1. The van der Waals surface area contributed by atoms with Crippen molar-refractivity contribution in [1.82, 2.24) is 9.08 Å². The third-order valence-electron chi connectivity index (χ3n) is 3.10. The van der Waals surface area contributed by atoms with Gasteiger partial charge in [0.25, 0.3) is 0 Å². The van der Waals surface area contributed by atoms with Crippen LogP contribution in [0.5, 0.6) is 0 Å². The van der Waals surface area contributed by atoms with E-state index in [1.54, 1.807) is 10.7 Å². The zero-order valence-electron chi connectivity index (χ0n) is 10.7. The highest BCUT2D eigenvalue weighted by molar-refractivity contribution is 6.03. The first kappa shape index (κ1) is 11.5. The molecular weight excluding hydrogens is 242 g/mol. The maximum Gasteiger partial charge on any atom is 0.235 e. The number of ketones is 1. The highest BCUT2D eigenvalue weighted by atomic mass is 16.2. The average Bonchev–Trinajstić information content (AvgIpc) is 2.90. The van der Waals surface area contributed by atoms with E-state index in [-0.39, 0.29) is 11.7 Å². The smallest absolute Gasteiger partial charge is 0.235 e. The normalized spacial score (nSPS) is 11.1. The number of hydrogen-bond donors (Lipinski definition) is 1. The lowest BCUT2D eigenvalue weighted by atomic mass is 10.2. The molecule has 1 aromatic carbocycles. The van der Waals surface area contributed by atoms with Crippen molar-refractivity contribution in [1.29, 1.82) is 0 Å². The van der Waals surface area contributed by atoms with Gasteiger partial charge in [-0.3, -0.25) is 19.4 Å². The lowest BCUT2D eigenvalue weighted by Gasteiger charge is -2.06. The van der Waals surface area contributed by atoms with E-state index in [9.17, 15) is 9.59 Å². The molecule has 0 fully saturated rings. The van der Waals surface area contributed by atoms with Gasteiger partial charge >= 0.3 is 0 Å². The van der Waals surface area contributed by atoms with E-state index < -0.39 is 0 Å². The quantitative estimate of drug-likeness (QED) is 0.714. The molecule has 0 atom stereocenters. The van der Waals surface area contributed by atoms with Crippen molar-refractivity contribution in [2.75, 3.05) is 5.43 Å². The van der Waals surface area contributed by atoms with Gasteiger partial charge in [-0.15, -0.1) is 0 Å². The number of amides is 1. The molecule has 0 aliphatic heterocycles. The summed E-state index contributed by atoms with van der Waals surface area (Å²) in [7, 11) is 0. The number of aromatic nitrogens is 2. The Balaban J connectivity index is 2.46. The number of para-hydroxylation sites is 2. The molecule has 0 saturated carbocycles. The third-order valence-corrected chi connectivity index (χ3v) is 3.10. The highest BCUT2D eigenvalue weighted by Crippen LogP contribution is 2.23. The second-order valence-electron chi connectivity index (χ2n) is 4.47. The van der Waals surface area contributed by atoms with Gasteiger partial charge in [0.1, 0.15) is 5.65 Å². The fourth-order valence-corrected chi connectivity index (χ4v) is 2.36. The molecule has 5 nitrogen and oxygen atoms in total. The van der Waals surface area contributed by atoms with Crippen molar-refractivity contribution < 1.29 is 9.59 Å². The van der Waals surface area contributed by atoms with E-state index >= 15 is 0 Å². The number of hydrogen-bond acceptors (Lipinski definition) is 2. The number of imidazole rings is 1. The molecule has 2 aromatic heterocycles. The van der Waals surface area contributed by atoms with Gasteiger partial charge in [0, 0.05) is 13.1 Å². The average molecular weight is 255 g/mol. The van der Waals surface area contributed by atoms with Gasteiger partial charge in [-0.1, -0.05) is 12.1 Å². The van der Waals surface area contributed by atoms with E-state index in [4.69, 9.17) is 0 Å². The van der Waals surface area contributed by atoms with E-state index in [0.717, 1.165) is 11.0 Å². The number of nitrogens with zero attached hydrogens (tertiary/aromatic N) is 2. The molecule has 0 saturated heterocycles. The van der Waals surface area contributed by atoms with Crippen molar-refractivity contribution in [3.05, 3.63) is 42.1 Å². The molecule has 5 heteroatoms. The van der Waals surface area contributed by atoms with Crippen LogP contribution in [0.25, 0.3) is 16.7 Å². The molecule has 0 spiro atoms. The van der Waals surface area contributed by atoms with Crippen LogP contribution in [-0.4, -0.2) is 20.8 Å². The highest BCUT2D eigenvalue weighted by Gasteiger charge is 2.17. The maximum atomic E-state index is 11.7. The molecule has 0 unspecified atom stereocenters. The first-order valence-electron chi connectivity index (χ1n) is 5.98. The minimum absolute atomic E-state index is 0.0306. The number of carbonyl (C=O) groups is 2. The summed E-state index contributed by atoms with van der Waals surface area (Å²) in [5.41, 5.74) is 5.83. The maximum absolute atomic E-state index is 11.7. The Kier molecular flexibility index (Phi) is 2.41. The van der Waals surface area contributed by atoms with Gasteiger partial charge in [0.15, 0.2) is 5.78 Å². The van der Waals surface area contributed by atoms with Crippen LogP contribution in [0.3, 0.4) is 0 Å². The standard InChI is InChI=1S/C14H13N3O2/c1-9(18)11-7-8-16-12-5-3-4-6-13(12)17(14(11)16)15-10(2)19/h3-8H,1-2H3,(H,15,19). The minimum atomic E-state index is -0.182. The fraction of sp³-hybridized carbons (Fsp3) is 0.143. The second kappa shape index (κ2) is 3.98. The SMILES string of the molecule is CC(=O)Nn1c2ccccc2n2ccc(C(C)=O)c12. The summed E-state index contributed by atoms with van der Waals surface area (Å²) in [6.45, 7) is 2.97. The van der Waals surface area contributed by atoms with Crippen LogP contribution in [-0.2, 0) is 4.79 Å². The number of rotatable bonds is 2. The summed E-state index contributed by atoms with van der Waals surface area (Å²) < 4.78 is 3.57.